The Bertz CT molecular complexity index is 1180. The first-order valence-electron chi connectivity index (χ1n) is 8.54. The van der Waals surface area contributed by atoms with E-state index in [-0.39, 0.29) is 5.56 Å². The van der Waals surface area contributed by atoms with Crippen molar-refractivity contribution in [3.63, 3.8) is 0 Å². The molecule has 1 aromatic carbocycles. The number of fused-ring (bicyclic) bond motifs is 1. The van der Waals surface area contributed by atoms with E-state index in [0.29, 0.717) is 40.0 Å². The lowest BCUT2D eigenvalue weighted by atomic mass is 10.2. The maximum absolute atomic E-state index is 12.7. The van der Waals surface area contributed by atoms with Crippen molar-refractivity contribution < 1.29 is 9.47 Å². The van der Waals surface area contributed by atoms with Crippen LogP contribution in [0.15, 0.2) is 40.5 Å². The Morgan fingerprint density at radius 2 is 1.96 bits per heavy atom. The van der Waals surface area contributed by atoms with Gasteiger partial charge in [-0.05, 0) is 49.1 Å². The molecule has 0 N–H and O–H groups in total. The van der Waals surface area contributed by atoms with Gasteiger partial charge >= 0.3 is 0 Å². The Labute approximate surface area is 163 Å². The average molecular weight is 399 g/mol. The summed E-state index contributed by atoms with van der Waals surface area (Å²) in [6.07, 6.45) is 1.83. The minimum absolute atomic E-state index is 0.169. The summed E-state index contributed by atoms with van der Waals surface area (Å²) < 4.78 is 13.2. The van der Waals surface area contributed by atoms with E-state index in [9.17, 15) is 4.79 Å². The van der Waals surface area contributed by atoms with Crippen LogP contribution in [0.25, 0.3) is 21.7 Å². The van der Waals surface area contributed by atoms with E-state index in [1.54, 1.807) is 11.3 Å². The number of thiazole rings is 1. The van der Waals surface area contributed by atoms with Gasteiger partial charge in [-0.2, -0.15) is 9.50 Å². The van der Waals surface area contributed by atoms with Crippen molar-refractivity contribution in [1.82, 2.24) is 14.6 Å². The number of thiophene rings is 1. The molecule has 0 atom stereocenters. The van der Waals surface area contributed by atoms with Crippen molar-refractivity contribution in [1.29, 1.82) is 0 Å². The molecule has 0 fully saturated rings. The van der Waals surface area contributed by atoms with Gasteiger partial charge in [-0.1, -0.05) is 23.5 Å². The summed E-state index contributed by atoms with van der Waals surface area (Å²) >= 11 is 2.87. The van der Waals surface area contributed by atoms with Crippen LogP contribution in [0.3, 0.4) is 0 Å². The second kappa shape index (κ2) is 7.50. The van der Waals surface area contributed by atoms with Crippen LogP contribution < -0.4 is 19.6 Å². The standard InChI is InChI=1S/C19H17N3O3S2/c1-3-24-13-8-7-12(10-14(13)25-4-2)11-16-18(23)22-19(27-16)20-17(21-22)15-6-5-9-26-15/h5-11H,3-4H2,1-2H3/b16-11+. The average Bonchev–Trinajstić information content (AvgIpc) is 3.37. The van der Waals surface area contributed by atoms with Gasteiger partial charge in [0.05, 0.1) is 22.6 Å². The van der Waals surface area contributed by atoms with Gasteiger partial charge in [-0.3, -0.25) is 4.79 Å². The Morgan fingerprint density at radius 1 is 1.15 bits per heavy atom. The van der Waals surface area contributed by atoms with Crippen LogP contribution in [0.4, 0.5) is 0 Å². The quantitative estimate of drug-likeness (QED) is 0.498. The van der Waals surface area contributed by atoms with Gasteiger partial charge < -0.3 is 9.47 Å². The first kappa shape index (κ1) is 17.7. The van der Waals surface area contributed by atoms with Crippen LogP contribution in [-0.2, 0) is 0 Å². The SMILES string of the molecule is CCOc1ccc(/C=c2/sc3nc(-c4cccs4)nn3c2=O)cc1OCC. The Hall–Kier alpha value is -2.71. The molecule has 0 spiro atoms. The van der Waals surface area contributed by atoms with Crippen LogP contribution in [0, 0.1) is 0 Å². The number of ether oxygens (including phenoxy) is 2. The minimum atomic E-state index is -0.169. The largest absolute Gasteiger partial charge is 0.490 e. The third kappa shape index (κ3) is 3.45. The van der Waals surface area contributed by atoms with Crippen molar-refractivity contribution in [2.24, 2.45) is 0 Å². The summed E-state index contributed by atoms with van der Waals surface area (Å²) in [4.78, 5) is 18.7. The lowest BCUT2D eigenvalue weighted by Crippen LogP contribution is -2.23. The number of nitrogens with zero attached hydrogens (tertiary/aromatic N) is 3. The summed E-state index contributed by atoms with van der Waals surface area (Å²) in [5.74, 6) is 1.95. The van der Waals surface area contributed by atoms with Gasteiger partial charge in [0.1, 0.15) is 0 Å². The molecule has 4 aromatic rings. The zero-order chi connectivity index (χ0) is 18.8. The fourth-order valence-corrected chi connectivity index (χ4v) is 4.21. The highest BCUT2D eigenvalue weighted by Crippen LogP contribution is 2.29. The molecule has 3 heterocycles. The highest BCUT2D eigenvalue weighted by molar-refractivity contribution is 7.15. The lowest BCUT2D eigenvalue weighted by molar-refractivity contribution is 0.287. The number of rotatable bonds is 6. The molecule has 0 aliphatic rings. The molecule has 0 amide bonds. The van der Waals surface area contributed by atoms with E-state index >= 15 is 0 Å². The zero-order valence-electron chi connectivity index (χ0n) is 14.8. The summed E-state index contributed by atoms with van der Waals surface area (Å²) in [7, 11) is 0. The predicted molar refractivity (Wildman–Crippen MR) is 108 cm³/mol. The number of hydrogen-bond donors (Lipinski definition) is 0. The number of aromatic nitrogens is 3. The highest BCUT2D eigenvalue weighted by Gasteiger charge is 2.13. The highest BCUT2D eigenvalue weighted by atomic mass is 32.1. The first-order chi connectivity index (χ1) is 13.2. The molecule has 27 heavy (non-hydrogen) atoms. The van der Waals surface area contributed by atoms with Crippen molar-refractivity contribution >= 4 is 33.7 Å². The fourth-order valence-electron chi connectivity index (χ4n) is 2.65. The number of benzene rings is 1. The van der Waals surface area contributed by atoms with E-state index < -0.39 is 0 Å². The molecule has 3 aromatic heterocycles. The van der Waals surface area contributed by atoms with Gasteiger partial charge in [-0.15, -0.1) is 16.4 Å². The van der Waals surface area contributed by atoms with E-state index in [1.165, 1.54) is 15.9 Å². The van der Waals surface area contributed by atoms with Crippen LogP contribution in [-0.4, -0.2) is 27.8 Å². The van der Waals surface area contributed by atoms with Crippen molar-refractivity contribution in [3.8, 4) is 22.2 Å². The monoisotopic (exact) mass is 399 g/mol. The molecule has 0 bridgehead atoms. The second-order valence-corrected chi connectivity index (χ2v) is 7.55. The van der Waals surface area contributed by atoms with Crippen LogP contribution in [0.2, 0.25) is 0 Å². The van der Waals surface area contributed by atoms with E-state index in [2.05, 4.69) is 10.1 Å². The summed E-state index contributed by atoms with van der Waals surface area (Å²) in [5.41, 5.74) is 0.694. The van der Waals surface area contributed by atoms with Crippen molar-refractivity contribution in [2.75, 3.05) is 13.2 Å². The summed E-state index contributed by atoms with van der Waals surface area (Å²) in [5, 5.41) is 6.31. The first-order valence-corrected chi connectivity index (χ1v) is 10.2. The summed E-state index contributed by atoms with van der Waals surface area (Å²) in [6, 6.07) is 9.52. The summed E-state index contributed by atoms with van der Waals surface area (Å²) in [6.45, 7) is 4.96. The Balaban J connectivity index is 1.74. The Kier molecular flexibility index (Phi) is 4.91. The van der Waals surface area contributed by atoms with Crippen molar-refractivity contribution in [3.05, 3.63) is 56.2 Å². The molecular weight excluding hydrogens is 382 g/mol. The molecule has 0 saturated heterocycles. The lowest BCUT2D eigenvalue weighted by Gasteiger charge is -2.11. The molecule has 0 saturated carbocycles. The minimum Gasteiger partial charge on any atom is -0.490 e. The third-order valence-electron chi connectivity index (χ3n) is 3.79. The second-order valence-electron chi connectivity index (χ2n) is 5.60. The van der Waals surface area contributed by atoms with Crippen LogP contribution in [0.5, 0.6) is 11.5 Å². The van der Waals surface area contributed by atoms with E-state index in [0.717, 1.165) is 10.4 Å². The third-order valence-corrected chi connectivity index (χ3v) is 5.61. The van der Waals surface area contributed by atoms with Gasteiger partial charge in [0, 0.05) is 0 Å². The molecule has 0 aliphatic heterocycles. The van der Waals surface area contributed by atoms with Crippen LogP contribution in [0.1, 0.15) is 19.4 Å². The predicted octanol–water partition coefficient (Wildman–Crippen LogP) is 3.22. The van der Waals surface area contributed by atoms with Gasteiger partial charge in [0.25, 0.3) is 5.56 Å². The smallest absolute Gasteiger partial charge is 0.291 e. The maximum atomic E-state index is 12.7. The molecule has 0 unspecified atom stereocenters. The van der Waals surface area contributed by atoms with Gasteiger partial charge in [-0.25, -0.2) is 0 Å². The normalized spacial score (nSPS) is 12.0. The topological polar surface area (TPSA) is 65.7 Å². The zero-order valence-corrected chi connectivity index (χ0v) is 16.5. The molecule has 8 heteroatoms. The van der Waals surface area contributed by atoms with Gasteiger partial charge in [0.2, 0.25) is 4.96 Å². The molecule has 4 rings (SSSR count). The molecule has 0 aliphatic carbocycles. The maximum Gasteiger partial charge on any atom is 0.291 e. The van der Waals surface area contributed by atoms with Gasteiger partial charge in [0.15, 0.2) is 17.3 Å². The molecule has 0 radical (unpaired) electrons. The Morgan fingerprint density at radius 3 is 2.67 bits per heavy atom. The molecule has 6 nitrogen and oxygen atoms in total. The van der Waals surface area contributed by atoms with Crippen molar-refractivity contribution in [2.45, 2.75) is 13.8 Å². The van der Waals surface area contributed by atoms with E-state index in [1.807, 2.05) is 55.6 Å². The fraction of sp³-hybridized carbons (Fsp3) is 0.211. The molecule has 138 valence electrons. The van der Waals surface area contributed by atoms with Crippen LogP contribution >= 0.6 is 22.7 Å². The number of hydrogen-bond acceptors (Lipinski definition) is 7. The van der Waals surface area contributed by atoms with E-state index in [4.69, 9.17) is 9.47 Å². The molecular formula is C19H17N3O3S2.